The molecule has 166 valence electrons. The Morgan fingerprint density at radius 2 is 2.03 bits per heavy atom. The number of aromatic nitrogens is 3. The van der Waals surface area contributed by atoms with Crippen LogP contribution in [0.25, 0.3) is 11.0 Å². The number of rotatable bonds is 7. The van der Waals surface area contributed by atoms with Crippen LogP contribution in [0.1, 0.15) is 27.0 Å². The molecule has 0 saturated carbocycles. The molecule has 10 nitrogen and oxygen atoms in total. The number of benzene rings is 2. The summed E-state index contributed by atoms with van der Waals surface area (Å²) in [6.07, 6.45) is 3.57. The van der Waals surface area contributed by atoms with Gasteiger partial charge in [-0.15, -0.1) is 0 Å². The van der Waals surface area contributed by atoms with Gasteiger partial charge in [-0.25, -0.2) is 13.2 Å². The lowest BCUT2D eigenvalue weighted by Crippen LogP contribution is -2.17. The van der Waals surface area contributed by atoms with Crippen molar-refractivity contribution in [2.45, 2.75) is 24.9 Å². The normalized spacial score (nSPS) is 11.6. The summed E-state index contributed by atoms with van der Waals surface area (Å²) in [5.41, 5.74) is 8.56. The van der Waals surface area contributed by atoms with Crippen LogP contribution in [0.5, 0.6) is 0 Å². The summed E-state index contributed by atoms with van der Waals surface area (Å²) >= 11 is 0. The molecule has 0 atom stereocenters. The van der Waals surface area contributed by atoms with E-state index in [1.54, 1.807) is 23.0 Å². The Balaban J connectivity index is 1.67. The first-order valence-electron chi connectivity index (χ1n) is 9.63. The lowest BCUT2D eigenvalue weighted by atomic mass is 10.1. The maximum absolute atomic E-state index is 13.0. The zero-order chi connectivity index (χ0) is 22.9. The second-order valence-electron chi connectivity index (χ2n) is 7.16. The number of anilines is 1. The predicted octanol–water partition coefficient (Wildman–Crippen LogP) is 2.43. The fraction of sp³-hybridized carbons (Fsp3) is 0.190. The Bertz CT molecular complexity index is 1410. The highest BCUT2D eigenvalue weighted by atomic mass is 32.2. The monoisotopic (exact) mass is 455 g/mol. The molecule has 3 N–H and O–H groups in total. The standard InChI is InChI=1S/C21H21N5O5S/c1-13-7-14(11-26-12-15(9-22)10-23-26)8-17-19(13)20(24-31-17)25-32(28,29)18-6-4-3-5-16(18)21(27)30-2/h3-8,10,12H,9,11,22H2,1-2H3,(H,24,25). The van der Waals surface area contributed by atoms with Gasteiger partial charge >= 0.3 is 5.97 Å². The largest absolute Gasteiger partial charge is 0.465 e. The fourth-order valence-corrected chi connectivity index (χ4v) is 4.65. The number of sulfonamides is 1. The molecule has 0 spiro atoms. The fourth-order valence-electron chi connectivity index (χ4n) is 3.45. The number of ether oxygens (including phenoxy) is 1. The molecule has 0 aliphatic carbocycles. The van der Waals surface area contributed by atoms with Crippen molar-refractivity contribution in [2.24, 2.45) is 5.73 Å². The van der Waals surface area contributed by atoms with Crippen LogP contribution in [-0.4, -0.2) is 36.4 Å². The van der Waals surface area contributed by atoms with Crippen LogP contribution in [0.3, 0.4) is 0 Å². The van der Waals surface area contributed by atoms with E-state index < -0.39 is 16.0 Å². The molecule has 4 rings (SSSR count). The molecule has 0 amide bonds. The maximum atomic E-state index is 13.0. The summed E-state index contributed by atoms with van der Waals surface area (Å²) in [4.78, 5) is 11.8. The van der Waals surface area contributed by atoms with Gasteiger partial charge in [-0.05, 0) is 36.2 Å². The number of methoxy groups -OCH3 is 1. The molecule has 0 aliphatic heterocycles. The number of fused-ring (bicyclic) bond motifs is 1. The van der Waals surface area contributed by atoms with E-state index >= 15 is 0 Å². The van der Waals surface area contributed by atoms with E-state index in [1.807, 2.05) is 19.2 Å². The predicted molar refractivity (Wildman–Crippen MR) is 117 cm³/mol. The molecule has 0 bridgehead atoms. The molecule has 0 fully saturated rings. The van der Waals surface area contributed by atoms with E-state index in [-0.39, 0.29) is 16.3 Å². The summed E-state index contributed by atoms with van der Waals surface area (Å²) in [6.45, 7) is 2.73. The van der Waals surface area contributed by atoms with E-state index in [2.05, 4.69) is 19.7 Å². The first-order valence-corrected chi connectivity index (χ1v) is 11.1. The topological polar surface area (TPSA) is 142 Å². The Morgan fingerprint density at radius 1 is 1.25 bits per heavy atom. The van der Waals surface area contributed by atoms with Crippen LogP contribution >= 0.6 is 0 Å². The molecule has 2 aromatic carbocycles. The summed E-state index contributed by atoms with van der Waals surface area (Å²) in [7, 11) is -2.95. The summed E-state index contributed by atoms with van der Waals surface area (Å²) < 4.78 is 40.3. The molecule has 4 aromatic rings. The van der Waals surface area contributed by atoms with Crippen molar-refractivity contribution < 1.29 is 22.5 Å². The maximum Gasteiger partial charge on any atom is 0.339 e. The SMILES string of the molecule is COC(=O)c1ccccc1S(=O)(=O)Nc1noc2cc(Cn3cc(CN)cn3)cc(C)c12. The van der Waals surface area contributed by atoms with Crippen molar-refractivity contribution in [3.8, 4) is 0 Å². The van der Waals surface area contributed by atoms with Gasteiger partial charge < -0.3 is 15.0 Å². The number of hydrogen-bond acceptors (Lipinski definition) is 8. The van der Waals surface area contributed by atoms with Crippen molar-refractivity contribution in [2.75, 3.05) is 11.8 Å². The molecular weight excluding hydrogens is 434 g/mol. The van der Waals surface area contributed by atoms with Gasteiger partial charge in [0.1, 0.15) is 4.90 Å². The average molecular weight is 455 g/mol. The van der Waals surface area contributed by atoms with E-state index in [0.29, 0.717) is 24.1 Å². The van der Waals surface area contributed by atoms with Gasteiger partial charge in [-0.2, -0.15) is 5.10 Å². The van der Waals surface area contributed by atoms with E-state index in [1.165, 1.54) is 25.3 Å². The summed E-state index contributed by atoms with van der Waals surface area (Å²) in [6, 6.07) is 9.46. The molecule has 11 heteroatoms. The minimum absolute atomic E-state index is 0.0354. The third kappa shape index (κ3) is 4.07. The first-order chi connectivity index (χ1) is 15.3. The quantitative estimate of drug-likeness (QED) is 0.405. The number of hydrogen-bond donors (Lipinski definition) is 2. The van der Waals surface area contributed by atoms with Crippen LogP contribution in [-0.2, 0) is 27.8 Å². The Morgan fingerprint density at radius 3 is 2.75 bits per heavy atom. The number of esters is 1. The third-order valence-corrected chi connectivity index (χ3v) is 6.31. The van der Waals surface area contributed by atoms with Gasteiger partial charge in [0, 0.05) is 18.3 Å². The van der Waals surface area contributed by atoms with Gasteiger partial charge in [0.2, 0.25) is 0 Å². The second kappa shape index (κ2) is 8.44. The number of nitrogens with zero attached hydrogens (tertiary/aromatic N) is 3. The molecule has 0 radical (unpaired) electrons. The van der Waals surface area contributed by atoms with Gasteiger partial charge in [-0.3, -0.25) is 9.40 Å². The highest BCUT2D eigenvalue weighted by Gasteiger charge is 2.25. The highest BCUT2D eigenvalue weighted by Crippen LogP contribution is 2.30. The number of nitrogens with one attached hydrogen (secondary N) is 1. The molecule has 0 saturated heterocycles. The number of carbonyl (C=O) groups is 1. The Labute approximate surface area is 184 Å². The minimum atomic E-state index is -4.14. The molecule has 2 heterocycles. The lowest BCUT2D eigenvalue weighted by molar-refractivity contribution is 0.0596. The minimum Gasteiger partial charge on any atom is -0.465 e. The molecule has 2 aromatic heterocycles. The molecule has 0 unspecified atom stereocenters. The van der Waals surface area contributed by atoms with E-state index in [0.717, 1.165) is 16.7 Å². The third-order valence-electron chi connectivity index (χ3n) is 4.91. The number of aryl methyl sites for hydroxylation is 1. The average Bonchev–Trinajstić information content (AvgIpc) is 3.40. The van der Waals surface area contributed by atoms with Crippen LogP contribution in [0.4, 0.5) is 5.82 Å². The van der Waals surface area contributed by atoms with Crippen molar-refractivity contribution in [3.63, 3.8) is 0 Å². The molecule has 0 aliphatic rings. The highest BCUT2D eigenvalue weighted by molar-refractivity contribution is 7.92. The number of nitrogens with two attached hydrogens (primary N) is 1. The van der Waals surface area contributed by atoms with Crippen molar-refractivity contribution in [1.82, 2.24) is 14.9 Å². The van der Waals surface area contributed by atoms with Gasteiger partial charge in [-0.1, -0.05) is 23.4 Å². The Kier molecular flexibility index (Phi) is 5.68. The van der Waals surface area contributed by atoms with Crippen LogP contribution in [0, 0.1) is 6.92 Å². The van der Waals surface area contributed by atoms with Gasteiger partial charge in [0.25, 0.3) is 10.0 Å². The smallest absolute Gasteiger partial charge is 0.339 e. The van der Waals surface area contributed by atoms with Crippen molar-refractivity contribution in [1.29, 1.82) is 0 Å². The van der Waals surface area contributed by atoms with E-state index in [4.69, 9.17) is 10.3 Å². The zero-order valence-electron chi connectivity index (χ0n) is 17.4. The van der Waals surface area contributed by atoms with Crippen molar-refractivity contribution in [3.05, 3.63) is 71.0 Å². The van der Waals surface area contributed by atoms with Crippen LogP contribution in [0.2, 0.25) is 0 Å². The summed E-state index contributed by atoms with van der Waals surface area (Å²) in [5.74, 6) is -0.721. The Hall–Kier alpha value is -3.70. The number of carbonyl (C=O) groups excluding carboxylic acids is 1. The zero-order valence-corrected chi connectivity index (χ0v) is 18.2. The first kappa shape index (κ1) is 21.5. The second-order valence-corrected chi connectivity index (χ2v) is 8.81. The van der Waals surface area contributed by atoms with Crippen LogP contribution in [0.15, 0.2) is 58.2 Å². The van der Waals surface area contributed by atoms with Gasteiger partial charge in [0.15, 0.2) is 11.4 Å². The molecule has 32 heavy (non-hydrogen) atoms. The molecular formula is C21H21N5O5S. The van der Waals surface area contributed by atoms with Crippen molar-refractivity contribution >= 4 is 32.8 Å². The van der Waals surface area contributed by atoms with Crippen LogP contribution < -0.4 is 10.5 Å². The van der Waals surface area contributed by atoms with E-state index in [9.17, 15) is 13.2 Å². The lowest BCUT2D eigenvalue weighted by Gasteiger charge is -2.10. The van der Waals surface area contributed by atoms with Gasteiger partial charge in [0.05, 0.1) is 30.8 Å². The summed E-state index contributed by atoms with van der Waals surface area (Å²) in [5, 5.41) is 8.70.